The van der Waals surface area contributed by atoms with E-state index in [1.807, 2.05) is 0 Å². The normalized spacial score (nSPS) is 47.8. The fourth-order valence-electron chi connectivity index (χ4n) is 8.52. The van der Waals surface area contributed by atoms with Crippen LogP contribution in [0.2, 0.25) is 18.1 Å². The molecule has 4 aliphatic carbocycles. The zero-order valence-electron chi connectivity index (χ0n) is 22.3. The summed E-state index contributed by atoms with van der Waals surface area (Å²) in [5.41, 5.74) is 0.939. The van der Waals surface area contributed by atoms with Crippen molar-refractivity contribution in [2.75, 3.05) is 0 Å². The summed E-state index contributed by atoms with van der Waals surface area (Å²) in [6.45, 7) is 21.1. The molecular formula is C28H50O3Si. The van der Waals surface area contributed by atoms with Gasteiger partial charge in [0.05, 0.1) is 11.7 Å². The number of rotatable bonds is 3. The van der Waals surface area contributed by atoms with Crippen molar-refractivity contribution in [2.45, 2.75) is 129 Å². The van der Waals surface area contributed by atoms with E-state index in [0.29, 0.717) is 23.7 Å². The van der Waals surface area contributed by atoms with E-state index in [1.54, 1.807) is 0 Å². The summed E-state index contributed by atoms with van der Waals surface area (Å²) in [6.07, 6.45) is 9.83. The van der Waals surface area contributed by atoms with Gasteiger partial charge in [-0.1, -0.05) is 46.3 Å². The Labute approximate surface area is 198 Å². The van der Waals surface area contributed by atoms with Crippen molar-refractivity contribution in [1.29, 1.82) is 0 Å². The second kappa shape index (κ2) is 7.67. The standard InChI is InChI=1S/C28H50O3Si/c1-18(31-32(8,9)25(2,3)4)21-10-11-22-24-23(13-15-27(21,22)6)26(5)14-12-20(29)16-19(26)17-28(24,7)30/h17-18,20-24,29-30H,10-16H2,1-9H3/t18?,20?,21-,22+,23+,24+,26+,27-,28?/m1/s1. The predicted molar refractivity (Wildman–Crippen MR) is 135 cm³/mol. The molecule has 0 amide bonds. The van der Waals surface area contributed by atoms with Gasteiger partial charge in [0.15, 0.2) is 8.32 Å². The molecule has 32 heavy (non-hydrogen) atoms. The van der Waals surface area contributed by atoms with Crippen LogP contribution in [0.3, 0.4) is 0 Å². The van der Waals surface area contributed by atoms with Gasteiger partial charge in [-0.15, -0.1) is 0 Å². The van der Waals surface area contributed by atoms with Crippen LogP contribution >= 0.6 is 0 Å². The Morgan fingerprint density at radius 2 is 1.69 bits per heavy atom. The van der Waals surface area contributed by atoms with Crippen LogP contribution in [0.15, 0.2) is 11.6 Å². The zero-order valence-corrected chi connectivity index (χ0v) is 23.3. The molecule has 0 bridgehead atoms. The number of aliphatic hydroxyl groups is 2. The summed E-state index contributed by atoms with van der Waals surface area (Å²) in [7, 11) is -1.81. The summed E-state index contributed by atoms with van der Waals surface area (Å²) in [4.78, 5) is 0. The Hall–Kier alpha value is -0.163. The summed E-state index contributed by atoms with van der Waals surface area (Å²) in [5, 5.41) is 22.4. The van der Waals surface area contributed by atoms with Gasteiger partial charge in [-0.05, 0) is 111 Å². The number of hydrogen-bond acceptors (Lipinski definition) is 3. The molecule has 3 unspecified atom stereocenters. The van der Waals surface area contributed by atoms with Crippen LogP contribution in [0.5, 0.6) is 0 Å². The Morgan fingerprint density at radius 1 is 1.03 bits per heavy atom. The zero-order chi connectivity index (χ0) is 23.9. The molecule has 0 aromatic rings. The lowest BCUT2D eigenvalue weighted by Crippen LogP contribution is -2.59. The quantitative estimate of drug-likeness (QED) is 0.362. The van der Waals surface area contributed by atoms with Crippen molar-refractivity contribution >= 4 is 8.32 Å². The molecule has 184 valence electrons. The lowest BCUT2D eigenvalue weighted by Gasteiger charge is -2.62. The van der Waals surface area contributed by atoms with Crippen molar-refractivity contribution < 1.29 is 14.6 Å². The third-order valence-corrected chi connectivity index (χ3v) is 15.9. The van der Waals surface area contributed by atoms with E-state index >= 15 is 0 Å². The van der Waals surface area contributed by atoms with Gasteiger partial charge in [0.1, 0.15) is 0 Å². The number of fused-ring (bicyclic) bond motifs is 5. The largest absolute Gasteiger partial charge is 0.414 e. The van der Waals surface area contributed by atoms with Crippen LogP contribution in [0.4, 0.5) is 0 Å². The fourth-order valence-corrected chi connectivity index (χ4v) is 9.96. The lowest BCUT2D eigenvalue weighted by atomic mass is 9.44. The second-order valence-corrected chi connectivity index (χ2v) is 19.0. The van der Waals surface area contributed by atoms with Crippen molar-refractivity contribution in [3.05, 3.63) is 11.6 Å². The minimum absolute atomic E-state index is 0.148. The average Bonchev–Trinajstić information content (AvgIpc) is 2.99. The van der Waals surface area contributed by atoms with Gasteiger partial charge in [0, 0.05) is 6.10 Å². The van der Waals surface area contributed by atoms with Gasteiger partial charge in [-0.2, -0.15) is 0 Å². The minimum atomic E-state index is -1.81. The first-order valence-electron chi connectivity index (χ1n) is 13.3. The highest BCUT2D eigenvalue weighted by atomic mass is 28.4. The second-order valence-electron chi connectivity index (χ2n) is 14.3. The van der Waals surface area contributed by atoms with E-state index in [4.69, 9.17) is 4.43 Å². The Kier molecular flexibility index (Phi) is 5.98. The van der Waals surface area contributed by atoms with Crippen LogP contribution in [0, 0.1) is 34.5 Å². The van der Waals surface area contributed by atoms with E-state index < -0.39 is 13.9 Å². The molecule has 0 heterocycles. The molecule has 4 heteroatoms. The number of aliphatic hydroxyl groups excluding tert-OH is 1. The van der Waals surface area contributed by atoms with Crippen LogP contribution in [-0.4, -0.2) is 36.3 Å². The van der Waals surface area contributed by atoms with Crippen LogP contribution < -0.4 is 0 Å². The molecule has 4 rings (SSSR count). The molecule has 0 spiro atoms. The summed E-state index contributed by atoms with van der Waals surface area (Å²) in [5.74, 6) is 1.96. The van der Waals surface area contributed by atoms with Gasteiger partial charge in [-0.3, -0.25) is 0 Å². The molecule has 0 saturated heterocycles. The number of hydrogen-bond donors (Lipinski definition) is 2. The molecule has 2 N–H and O–H groups in total. The molecule has 3 fully saturated rings. The molecule has 3 nitrogen and oxygen atoms in total. The highest BCUT2D eigenvalue weighted by Crippen LogP contribution is 2.68. The van der Waals surface area contributed by atoms with Crippen LogP contribution in [0.1, 0.15) is 93.4 Å². The van der Waals surface area contributed by atoms with Crippen molar-refractivity contribution in [3.63, 3.8) is 0 Å². The molecule has 3 saturated carbocycles. The smallest absolute Gasteiger partial charge is 0.192 e. The summed E-state index contributed by atoms with van der Waals surface area (Å²) in [6, 6.07) is 0. The Bertz CT molecular complexity index is 765. The molecule has 0 aromatic heterocycles. The summed E-state index contributed by atoms with van der Waals surface area (Å²) < 4.78 is 6.94. The van der Waals surface area contributed by atoms with Crippen molar-refractivity contribution in [1.82, 2.24) is 0 Å². The first kappa shape index (κ1) is 24.9. The minimum Gasteiger partial charge on any atom is -0.414 e. The van der Waals surface area contributed by atoms with Gasteiger partial charge < -0.3 is 14.6 Å². The third-order valence-electron chi connectivity index (χ3n) is 11.3. The average molecular weight is 463 g/mol. The maximum atomic E-state index is 11.8. The highest BCUT2D eigenvalue weighted by molar-refractivity contribution is 6.74. The third kappa shape index (κ3) is 3.70. The van der Waals surface area contributed by atoms with E-state index in [-0.39, 0.29) is 28.1 Å². The highest BCUT2D eigenvalue weighted by Gasteiger charge is 2.64. The first-order valence-corrected chi connectivity index (χ1v) is 16.2. The topological polar surface area (TPSA) is 49.7 Å². The monoisotopic (exact) mass is 462 g/mol. The molecule has 0 aromatic carbocycles. The maximum absolute atomic E-state index is 11.8. The van der Waals surface area contributed by atoms with E-state index in [9.17, 15) is 10.2 Å². The van der Waals surface area contributed by atoms with Crippen molar-refractivity contribution in [2.24, 2.45) is 34.5 Å². The van der Waals surface area contributed by atoms with Crippen LogP contribution in [-0.2, 0) is 4.43 Å². The molecule has 0 aliphatic heterocycles. The van der Waals surface area contributed by atoms with Gasteiger partial charge in [0.2, 0.25) is 0 Å². The predicted octanol–water partition coefficient (Wildman–Crippen LogP) is 6.70. The lowest BCUT2D eigenvalue weighted by molar-refractivity contribution is -0.136. The summed E-state index contributed by atoms with van der Waals surface area (Å²) >= 11 is 0. The van der Waals surface area contributed by atoms with Gasteiger partial charge in [0.25, 0.3) is 0 Å². The van der Waals surface area contributed by atoms with Crippen LogP contribution in [0.25, 0.3) is 0 Å². The maximum Gasteiger partial charge on any atom is 0.192 e. The molecule has 4 aliphatic rings. The molecule has 0 radical (unpaired) electrons. The van der Waals surface area contributed by atoms with Crippen molar-refractivity contribution in [3.8, 4) is 0 Å². The SMILES string of the molecule is CC(O[Si](C)(C)C(C)(C)C)[C@H]1CC[C@H]2[C@H]3[C@H](CC[C@]12C)[C@@]1(C)CCC(O)CC1=CC3(C)O. The van der Waals surface area contributed by atoms with Gasteiger partial charge >= 0.3 is 0 Å². The molecular weight excluding hydrogens is 412 g/mol. The fraction of sp³-hybridized carbons (Fsp3) is 0.929. The van der Waals surface area contributed by atoms with E-state index in [0.717, 1.165) is 19.3 Å². The van der Waals surface area contributed by atoms with E-state index in [1.165, 1.54) is 31.3 Å². The Balaban J connectivity index is 1.63. The molecule has 9 atom stereocenters. The van der Waals surface area contributed by atoms with Gasteiger partial charge in [-0.25, -0.2) is 0 Å². The first-order chi connectivity index (χ1) is 14.5. The Morgan fingerprint density at radius 3 is 2.31 bits per heavy atom. The van der Waals surface area contributed by atoms with E-state index in [2.05, 4.69) is 67.6 Å².